The Bertz CT molecular complexity index is 288. The summed E-state index contributed by atoms with van der Waals surface area (Å²) in [6.07, 6.45) is -2.25. The topological polar surface area (TPSA) is 35.8 Å². The van der Waals surface area contributed by atoms with E-state index >= 15 is 0 Å². The molecule has 1 heterocycles. The summed E-state index contributed by atoms with van der Waals surface area (Å²) in [5.41, 5.74) is 0.900. The third-order valence-electron chi connectivity index (χ3n) is 2.59. The lowest BCUT2D eigenvalue weighted by Crippen LogP contribution is -2.45. The molecule has 84 valence electrons. The van der Waals surface area contributed by atoms with E-state index in [0.717, 1.165) is 5.57 Å². The summed E-state index contributed by atoms with van der Waals surface area (Å²) in [5.74, 6) is 0.0386. The molecule has 0 saturated heterocycles. The molecule has 1 unspecified atom stereocenters. The van der Waals surface area contributed by atoms with Crippen molar-refractivity contribution in [3.05, 3.63) is 11.6 Å². The van der Waals surface area contributed by atoms with Gasteiger partial charge in [0.25, 0.3) is 0 Å². The summed E-state index contributed by atoms with van der Waals surface area (Å²) in [6, 6.07) is 0.581. The first kappa shape index (κ1) is 12.1. The van der Waals surface area contributed by atoms with Crippen LogP contribution in [0.15, 0.2) is 11.6 Å². The summed E-state index contributed by atoms with van der Waals surface area (Å²) in [7, 11) is 0. The zero-order valence-electron chi connectivity index (χ0n) is 8.43. The van der Waals surface area contributed by atoms with Gasteiger partial charge in [-0.2, -0.15) is 18.4 Å². The number of rotatable bonds is 2. The smallest absolute Gasteiger partial charge is 0.302 e. The van der Waals surface area contributed by atoms with Gasteiger partial charge in [-0.25, -0.2) is 0 Å². The second-order valence-electron chi connectivity index (χ2n) is 3.75. The minimum absolute atomic E-state index is 0.0331. The first-order valence-electron chi connectivity index (χ1n) is 4.81. The Labute approximate surface area is 86.8 Å². The summed E-state index contributed by atoms with van der Waals surface area (Å²) in [5, 5.41) is 10.9. The molecule has 0 aromatic heterocycles. The van der Waals surface area contributed by atoms with Gasteiger partial charge in [-0.15, -0.1) is 0 Å². The van der Waals surface area contributed by atoms with E-state index in [0.29, 0.717) is 6.42 Å². The normalized spacial score (nSPS) is 24.2. The number of nitrogens with one attached hydrogen (secondary N) is 1. The highest BCUT2D eigenvalue weighted by Gasteiger charge is 2.39. The van der Waals surface area contributed by atoms with Crippen LogP contribution in [0.1, 0.15) is 19.8 Å². The Morgan fingerprint density at radius 2 is 2.33 bits per heavy atom. The van der Waals surface area contributed by atoms with Crippen LogP contribution >= 0.6 is 0 Å². The molecule has 0 amide bonds. The largest absolute Gasteiger partial charge is 0.404 e. The Kier molecular flexibility index (Phi) is 3.75. The van der Waals surface area contributed by atoms with Gasteiger partial charge in [-0.1, -0.05) is 18.6 Å². The van der Waals surface area contributed by atoms with Crippen molar-refractivity contribution in [2.24, 2.45) is 5.92 Å². The predicted molar refractivity (Wildman–Crippen MR) is 49.9 cm³/mol. The van der Waals surface area contributed by atoms with Crippen LogP contribution in [-0.4, -0.2) is 18.8 Å². The van der Waals surface area contributed by atoms with E-state index in [9.17, 15) is 13.2 Å². The monoisotopic (exact) mass is 218 g/mol. The molecule has 0 aromatic rings. The Morgan fingerprint density at radius 1 is 1.67 bits per heavy atom. The second-order valence-corrected chi connectivity index (χ2v) is 3.75. The highest BCUT2D eigenvalue weighted by molar-refractivity contribution is 5.14. The Hall–Kier alpha value is -1.02. The van der Waals surface area contributed by atoms with Crippen molar-refractivity contribution < 1.29 is 13.2 Å². The van der Waals surface area contributed by atoms with Gasteiger partial charge in [0.15, 0.2) is 0 Å². The lowest BCUT2D eigenvalue weighted by Gasteiger charge is -2.27. The van der Waals surface area contributed by atoms with Gasteiger partial charge in [0.2, 0.25) is 0 Å². The molecular formula is C10H13F3N2. The zero-order chi connectivity index (χ0) is 11.5. The first-order valence-corrected chi connectivity index (χ1v) is 4.81. The maximum Gasteiger partial charge on any atom is 0.404 e. The molecule has 0 bridgehead atoms. The number of halogens is 3. The summed E-state index contributed by atoms with van der Waals surface area (Å²) >= 11 is 0. The van der Waals surface area contributed by atoms with Crippen molar-refractivity contribution in [1.82, 2.24) is 5.32 Å². The average Bonchev–Trinajstić information content (AvgIpc) is 2.17. The van der Waals surface area contributed by atoms with E-state index in [2.05, 4.69) is 5.32 Å². The highest BCUT2D eigenvalue weighted by Crippen LogP contribution is 2.27. The van der Waals surface area contributed by atoms with Crippen LogP contribution in [0, 0.1) is 17.2 Å². The van der Waals surface area contributed by atoms with Gasteiger partial charge in [0.1, 0.15) is 6.04 Å². The van der Waals surface area contributed by atoms with Gasteiger partial charge in [-0.05, 0) is 12.3 Å². The van der Waals surface area contributed by atoms with E-state index in [1.54, 1.807) is 6.08 Å². The molecule has 0 aromatic carbocycles. The van der Waals surface area contributed by atoms with Crippen molar-refractivity contribution in [1.29, 1.82) is 5.26 Å². The second kappa shape index (κ2) is 4.67. The number of hydrogen-bond acceptors (Lipinski definition) is 2. The maximum atomic E-state index is 12.3. The van der Waals surface area contributed by atoms with Crippen LogP contribution in [0.3, 0.4) is 0 Å². The fourth-order valence-corrected chi connectivity index (χ4v) is 1.56. The Balaban J connectivity index is 2.56. The number of nitrogens with zero attached hydrogens (tertiary/aromatic N) is 1. The van der Waals surface area contributed by atoms with Crippen molar-refractivity contribution in [3.8, 4) is 6.07 Å². The fraction of sp³-hybridized carbons (Fsp3) is 0.700. The summed E-state index contributed by atoms with van der Waals surface area (Å²) < 4.78 is 36.8. The van der Waals surface area contributed by atoms with Crippen LogP contribution in [-0.2, 0) is 0 Å². The molecule has 1 rings (SSSR count). The molecular weight excluding hydrogens is 205 g/mol. The molecule has 1 aliphatic rings. The van der Waals surface area contributed by atoms with Crippen molar-refractivity contribution in [3.63, 3.8) is 0 Å². The fourth-order valence-electron chi connectivity index (χ4n) is 1.56. The molecule has 2 nitrogen and oxygen atoms in total. The van der Waals surface area contributed by atoms with Crippen LogP contribution in [0.4, 0.5) is 13.2 Å². The van der Waals surface area contributed by atoms with Crippen LogP contribution in [0.25, 0.3) is 0 Å². The molecule has 0 spiro atoms. The van der Waals surface area contributed by atoms with E-state index in [1.807, 2.05) is 13.0 Å². The molecule has 1 N–H and O–H groups in total. The zero-order valence-corrected chi connectivity index (χ0v) is 8.43. The molecule has 5 heteroatoms. The van der Waals surface area contributed by atoms with E-state index in [1.165, 1.54) is 0 Å². The van der Waals surface area contributed by atoms with Gasteiger partial charge >= 0.3 is 6.18 Å². The SMILES string of the molecule is CC(CC#N)C1=CC[C@@H](C(F)(F)F)NC1. The minimum atomic E-state index is -4.18. The summed E-state index contributed by atoms with van der Waals surface area (Å²) in [4.78, 5) is 0. The van der Waals surface area contributed by atoms with E-state index in [-0.39, 0.29) is 18.9 Å². The minimum Gasteiger partial charge on any atom is -0.302 e. The van der Waals surface area contributed by atoms with Crippen molar-refractivity contribution in [2.75, 3.05) is 6.54 Å². The third-order valence-corrected chi connectivity index (χ3v) is 2.59. The van der Waals surface area contributed by atoms with Crippen LogP contribution in [0.2, 0.25) is 0 Å². The van der Waals surface area contributed by atoms with Crippen LogP contribution < -0.4 is 5.32 Å². The summed E-state index contributed by atoms with van der Waals surface area (Å²) in [6.45, 7) is 2.08. The molecule has 0 saturated carbocycles. The standard InChI is InChI=1S/C10H13F3N2/c1-7(4-5-14)8-2-3-9(15-6-8)10(11,12)13/h2,7,9,15H,3-4,6H2,1H3/t7?,9-/m0/s1. The Morgan fingerprint density at radius 3 is 2.73 bits per heavy atom. The molecule has 2 atom stereocenters. The number of alkyl halides is 3. The average molecular weight is 218 g/mol. The van der Waals surface area contributed by atoms with E-state index in [4.69, 9.17) is 5.26 Å². The first-order chi connectivity index (χ1) is 6.95. The van der Waals surface area contributed by atoms with E-state index < -0.39 is 12.2 Å². The van der Waals surface area contributed by atoms with Gasteiger partial charge in [-0.3, -0.25) is 0 Å². The molecule has 1 aliphatic heterocycles. The predicted octanol–water partition coefficient (Wildman–Crippen LogP) is 2.39. The third kappa shape index (κ3) is 3.24. The number of hydrogen-bond donors (Lipinski definition) is 1. The molecule has 15 heavy (non-hydrogen) atoms. The maximum absolute atomic E-state index is 12.3. The molecule has 0 fully saturated rings. The molecule has 0 aliphatic carbocycles. The van der Waals surface area contributed by atoms with Gasteiger partial charge < -0.3 is 5.32 Å². The van der Waals surface area contributed by atoms with Gasteiger partial charge in [0, 0.05) is 13.0 Å². The lowest BCUT2D eigenvalue weighted by atomic mass is 9.93. The lowest BCUT2D eigenvalue weighted by molar-refractivity contribution is -0.155. The van der Waals surface area contributed by atoms with Gasteiger partial charge in [0.05, 0.1) is 6.07 Å². The number of nitriles is 1. The highest BCUT2D eigenvalue weighted by atomic mass is 19.4. The van der Waals surface area contributed by atoms with Crippen molar-refractivity contribution in [2.45, 2.75) is 32.0 Å². The van der Waals surface area contributed by atoms with Crippen molar-refractivity contribution >= 4 is 0 Å². The van der Waals surface area contributed by atoms with Crippen LogP contribution in [0.5, 0.6) is 0 Å². The quantitative estimate of drug-likeness (QED) is 0.722. The molecule has 0 radical (unpaired) electrons.